The first-order chi connectivity index (χ1) is 10.1. The van der Waals surface area contributed by atoms with Crippen LogP contribution in [0.5, 0.6) is 0 Å². The summed E-state index contributed by atoms with van der Waals surface area (Å²) in [5, 5.41) is 11.0. The summed E-state index contributed by atoms with van der Waals surface area (Å²) in [5.41, 5.74) is 11.1. The van der Waals surface area contributed by atoms with E-state index in [2.05, 4.69) is 35.6 Å². The van der Waals surface area contributed by atoms with E-state index in [1.807, 2.05) is 18.2 Å². The molecule has 0 saturated carbocycles. The predicted molar refractivity (Wildman–Crippen MR) is 81.1 cm³/mol. The quantitative estimate of drug-likeness (QED) is 0.810. The molecule has 1 amide bonds. The third-order valence-corrected chi connectivity index (χ3v) is 4.14. The molecule has 0 saturated heterocycles. The molecular weight excluding hydrogens is 264 g/mol. The molecular formula is C17H18N2O2. The number of fused-ring (bicyclic) bond motifs is 1. The standard InChI is InChI=1S/C17H18N2O2/c18-16-14-4-2-1-3-13(14)9-15(16)12-7-5-11(6-8-12)10-19-17(20)21/h1-8,15-16,19H,9-10,18H2,(H,20,21). The van der Waals surface area contributed by atoms with E-state index in [1.165, 1.54) is 16.7 Å². The maximum atomic E-state index is 10.5. The molecule has 0 aliphatic heterocycles. The minimum absolute atomic E-state index is 0.0317. The van der Waals surface area contributed by atoms with Crippen LogP contribution in [-0.2, 0) is 13.0 Å². The van der Waals surface area contributed by atoms with Gasteiger partial charge < -0.3 is 16.2 Å². The van der Waals surface area contributed by atoms with E-state index in [1.54, 1.807) is 0 Å². The first-order valence-corrected chi connectivity index (χ1v) is 7.04. The lowest BCUT2D eigenvalue weighted by molar-refractivity contribution is 0.194. The predicted octanol–water partition coefficient (Wildman–Crippen LogP) is 2.79. The molecule has 0 heterocycles. The van der Waals surface area contributed by atoms with Gasteiger partial charge in [-0.05, 0) is 28.7 Å². The average Bonchev–Trinajstić information content (AvgIpc) is 2.83. The van der Waals surface area contributed by atoms with Gasteiger partial charge in [0.2, 0.25) is 0 Å². The topological polar surface area (TPSA) is 75.3 Å². The molecule has 0 radical (unpaired) electrons. The fourth-order valence-electron chi connectivity index (χ4n) is 3.01. The highest BCUT2D eigenvalue weighted by atomic mass is 16.4. The van der Waals surface area contributed by atoms with Crippen LogP contribution >= 0.6 is 0 Å². The van der Waals surface area contributed by atoms with E-state index in [-0.39, 0.29) is 6.04 Å². The second kappa shape index (κ2) is 5.58. The number of carboxylic acid groups (broad SMARTS) is 1. The Balaban J connectivity index is 1.75. The van der Waals surface area contributed by atoms with Gasteiger partial charge in [-0.15, -0.1) is 0 Å². The molecule has 2 atom stereocenters. The number of carbonyl (C=O) groups is 1. The van der Waals surface area contributed by atoms with Crippen molar-refractivity contribution in [3.8, 4) is 0 Å². The van der Waals surface area contributed by atoms with E-state index in [0.29, 0.717) is 12.5 Å². The van der Waals surface area contributed by atoms with Crippen LogP contribution < -0.4 is 11.1 Å². The summed E-state index contributed by atoms with van der Waals surface area (Å²) in [7, 11) is 0. The highest BCUT2D eigenvalue weighted by Crippen LogP contribution is 2.40. The van der Waals surface area contributed by atoms with Gasteiger partial charge >= 0.3 is 6.09 Å². The Labute approximate surface area is 123 Å². The van der Waals surface area contributed by atoms with Crippen LogP contribution in [0, 0.1) is 0 Å². The number of benzene rings is 2. The Morgan fingerprint density at radius 3 is 2.57 bits per heavy atom. The Morgan fingerprint density at radius 1 is 1.19 bits per heavy atom. The van der Waals surface area contributed by atoms with E-state index >= 15 is 0 Å². The van der Waals surface area contributed by atoms with E-state index in [9.17, 15) is 4.79 Å². The number of amides is 1. The Kier molecular flexibility index (Phi) is 3.62. The van der Waals surface area contributed by atoms with Crippen LogP contribution in [0.2, 0.25) is 0 Å². The number of nitrogens with two attached hydrogens (primary N) is 1. The molecule has 2 aromatic carbocycles. The molecule has 1 aliphatic carbocycles. The summed E-state index contributed by atoms with van der Waals surface area (Å²) < 4.78 is 0. The zero-order valence-corrected chi connectivity index (χ0v) is 11.6. The summed E-state index contributed by atoms with van der Waals surface area (Å²) >= 11 is 0. The summed E-state index contributed by atoms with van der Waals surface area (Å²) in [6, 6.07) is 16.4. The molecule has 21 heavy (non-hydrogen) atoms. The highest BCUT2D eigenvalue weighted by molar-refractivity contribution is 5.64. The number of nitrogens with one attached hydrogen (secondary N) is 1. The van der Waals surface area contributed by atoms with Gasteiger partial charge in [0.25, 0.3) is 0 Å². The van der Waals surface area contributed by atoms with Crippen molar-refractivity contribution in [2.45, 2.75) is 24.9 Å². The van der Waals surface area contributed by atoms with Gasteiger partial charge in [0.1, 0.15) is 0 Å². The lowest BCUT2D eigenvalue weighted by Gasteiger charge is -2.17. The Morgan fingerprint density at radius 2 is 1.90 bits per heavy atom. The molecule has 0 fully saturated rings. The summed E-state index contributed by atoms with van der Waals surface area (Å²) in [6.07, 6.45) is -0.0447. The normalized spacial score (nSPS) is 20.0. The van der Waals surface area contributed by atoms with Gasteiger partial charge in [-0.1, -0.05) is 48.5 Å². The van der Waals surface area contributed by atoms with E-state index in [4.69, 9.17) is 10.8 Å². The summed E-state index contributed by atoms with van der Waals surface area (Å²) in [5.74, 6) is 0.295. The molecule has 4 nitrogen and oxygen atoms in total. The molecule has 3 rings (SSSR count). The van der Waals surface area contributed by atoms with Gasteiger partial charge in [-0.3, -0.25) is 0 Å². The van der Waals surface area contributed by atoms with E-state index < -0.39 is 6.09 Å². The molecule has 108 valence electrons. The fourth-order valence-corrected chi connectivity index (χ4v) is 3.01. The van der Waals surface area contributed by atoms with Crippen molar-refractivity contribution in [3.05, 3.63) is 70.8 Å². The van der Waals surface area contributed by atoms with E-state index in [0.717, 1.165) is 12.0 Å². The second-order valence-corrected chi connectivity index (χ2v) is 5.44. The van der Waals surface area contributed by atoms with Crippen LogP contribution in [0.25, 0.3) is 0 Å². The van der Waals surface area contributed by atoms with Crippen molar-refractivity contribution >= 4 is 6.09 Å². The zero-order valence-electron chi connectivity index (χ0n) is 11.6. The number of hydrogen-bond acceptors (Lipinski definition) is 2. The largest absolute Gasteiger partial charge is 0.465 e. The maximum Gasteiger partial charge on any atom is 0.404 e. The van der Waals surface area contributed by atoms with Crippen LogP contribution in [0.3, 0.4) is 0 Å². The van der Waals surface area contributed by atoms with Crippen molar-refractivity contribution in [3.63, 3.8) is 0 Å². The molecule has 2 unspecified atom stereocenters. The van der Waals surface area contributed by atoms with Crippen molar-refractivity contribution in [1.82, 2.24) is 5.32 Å². The summed E-state index contributed by atoms with van der Waals surface area (Å²) in [4.78, 5) is 10.5. The molecule has 0 spiro atoms. The Hall–Kier alpha value is -2.33. The van der Waals surface area contributed by atoms with Gasteiger partial charge in [-0.25, -0.2) is 4.79 Å². The molecule has 4 N–H and O–H groups in total. The minimum Gasteiger partial charge on any atom is -0.465 e. The van der Waals surface area contributed by atoms with Crippen LogP contribution in [0.1, 0.15) is 34.2 Å². The van der Waals surface area contributed by atoms with Gasteiger partial charge in [-0.2, -0.15) is 0 Å². The van der Waals surface area contributed by atoms with Crippen molar-refractivity contribution in [1.29, 1.82) is 0 Å². The minimum atomic E-state index is -1.01. The van der Waals surface area contributed by atoms with Crippen LogP contribution in [0.4, 0.5) is 4.79 Å². The average molecular weight is 282 g/mol. The first-order valence-electron chi connectivity index (χ1n) is 7.04. The van der Waals surface area contributed by atoms with Gasteiger partial charge in [0.05, 0.1) is 0 Å². The van der Waals surface area contributed by atoms with Gasteiger partial charge in [0.15, 0.2) is 0 Å². The maximum absolute atomic E-state index is 10.5. The number of rotatable bonds is 3. The highest BCUT2D eigenvalue weighted by Gasteiger charge is 2.30. The van der Waals surface area contributed by atoms with Crippen LogP contribution in [-0.4, -0.2) is 11.2 Å². The lowest BCUT2D eigenvalue weighted by Crippen LogP contribution is -2.20. The van der Waals surface area contributed by atoms with Crippen LogP contribution in [0.15, 0.2) is 48.5 Å². The third-order valence-electron chi connectivity index (χ3n) is 4.14. The molecule has 2 aromatic rings. The smallest absolute Gasteiger partial charge is 0.404 e. The third kappa shape index (κ3) is 2.76. The zero-order chi connectivity index (χ0) is 14.8. The first kappa shape index (κ1) is 13.6. The number of hydrogen-bond donors (Lipinski definition) is 3. The van der Waals surface area contributed by atoms with Crippen molar-refractivity contribution < 1.29 is 9.90 Å². The molecule has 0 bridgehead atoms. The molecule has 4 heteroatoms. The molecule has 0 aromatic heterocycles. The Bertz CT molecular complexity index is 652. The van der Waals surface area contributed by atoms with Crippen molar-refractivity contribution in [2.75, 3.05) is 0 Å². The SMILES string of the molecule is NC1c2ccccc2CC1c1ccc(CNC(=O)O)cc1. The molecule has 1 aliphatic rings. The second-order valence-electron chi connectivity index (χ2n) is 5.44. The summed E-state index contributed by atoms with van der Waals surface area (Å²) in [6.45, 7) is 0.326. The fraction of sp³-hybridized carbons (Fsp3) is 0.235. The monoisotopic (exact) mass is 282 g/mol. The van der Waals surface area contributed by atoms with Crippen molar-refractivity contribution in [2.24, 2.45) is 5.73 Å². The van der Waals surface area contributed by atoms with Gasteiger partial charge in [0, 0.05) is 18.5 Å². The lowest BCUT2D eigenvalue weighted by atomic mass is 9.92.